The predicted molar refractivity (Wildman–Crippen MR) is 70.3 cm³/mol. The molecule has 0 aliphatic rings. The van der Waals surface area contributed by atoms with Gasteiger partial charge in [0.15, 0.2) is 0 Å². The molecule has 0 saturated heterocycles. The number of hydrogen-bond acceptors (Lipinski definition) is 3. The van der Waals surface area contributed by atoms with Gasteiger partial charge in [-0.3, -0.25) is 0 Å². The number of benzene rings is 1. The lowest BCUT2D eigenvalue weighted by atomic mass is 10.0. The van der Waals surface area contributed by atoms with Gasteiger partial charge >= 0.3 is 0 Å². The van der Waals surface area contributed by atoms with E-state index in [0.717, 1.165) is 11.3 Å². The van der Waals surface area contributed by atoms with Crippen molar-refractivity contribution in [3.05, 3.63) is 29.8 Å². The normalized spacial score (nSPS) is 12.8. The van der Waals surface area contributed by atoms with Crippen LogP contribution in [-0.2, 0) is 0 Å². The zero-order valence-corrected chi connectivity index (χ0v) is 10.9. The molecule has 1 aromatic carbocycles. The van der Waals surface area contributed by atoms with Gasteiger partial charge in [-0.25, -0.2) is 0 Å². The number of aliphatic hydroxyl groups is 1. The van der Waals surface area contributed by atoms with E-state index in [1.807, 2.05) is 31.3 Å². The smallest absolute Gasteiger partial charge is 0.124 e. The molecule has 1 rings (SSSR count). The summed E-state index contributed by atoms with van der Waals surface area (Å²) in [6.45, 7) is 5.15. The summed E-state index contributed by atoms with van der Waals surface area (Å²) < 4.78 is 5.81. The van der Waals surface area contributed by atoms with E-state index in [0.29, 0.717) is 18.9 Å². The lowest BCUT2D eigenvalue weighted by Gasteiger charge is -2.20. The van der Waals surface area contributed by atoms with Crippen LogP contribution in [0.5, 0.6) is 5.75 Å². The zero-order valence-electron chi connectivity index (χ0n) is 10.9. The maximum absolute atomic E-state index is 9.06. The molecular formula is C14H23NO2. The zero-order chi connectivity index (χ0) is 12.7. The van der Waals surface area contributed by atoms with Gasteiger partial charge in [-0.15, -0.1) is 0 Å². The van der Waals surface area contributed by atoms with Crippen LogP contribution < -0.4 is 10.1 Å². The molecule has 0 heterocycles. The number of aliphatic hydroxyl groups excluding tert-OH is 1. The maximum Gasteiger partial charge on any atom is 0.124 e. The molecule has 0 radical (unpaired) electrons. The van der Waals surface area contributed by atoms with Crippen LogP contribution in [-0.4, -0.2) is 25.4 Å². The molecule has 0 fully saturated rings. The first kappa shape index (κ1) is 14.0. The minimum atomic E-state index is 0.142. The Kier molecular flexibility index (Phi) is 6.01. The number of rotatable bonds is 7. The van der Waals surface area contributed by atoms with E-state index in [9.17, 15) is 0 Å². The molecule has 2 N–H and O–H groups in total. The molecule has 0 aliphatic carbocycles. The van der Waals surface area contributed by atoms with Gasteiger partial charge in [-0.1, -0.05) is 32.0 Å². The minimum absolute atomic E-state index is 0.142. The summed E-state index contributed by atoms with van der Waals surface area (Å²) in [4.78, 5) is 0. The molecule has 1 atom stereocenters. The van der Waals surface area contributed by atoms with E-state index in [1.165, 1.54) is 0 Å². The first-order valence-electron chi connectivity index (χ1n) is 6.18. The van der Waals surface area contributed by atoms with E-state index in [-0.39, 0.29) is 12.6 Å². The van der Waals surface area contributed by atoms with Crippen LogP contribution >= 0.6 is 0 Å². The SMILES string of the molecule is CNC(CCO)c1ccccc1OCC(C)C. The number of hydrogen-bond donors (Lipinski definition) is 2. The second-order valence-corrected chi connectivity index (χ2v) is 4.60. The lowest BCUT2D eigenvalue weighted by molar-refractivity contribution is 0.253. The standard InChI is InChI=1S/C14H23NO2/c1-11(2)10-17-14-7-5-4-6-12(14)13(15-3)8-9-16/h4-7,11,13,15-16H,8-10H2,1-3H3. The van der Waals surface area contributed by atoms with Crippen LogP contribution in [0.2, 0.25) is 0 Å². The van der Waals surface area contributed by atoms with E-state index in [2.05, 4.69) is 19.2 Å². The van der Waals surface area contributed by atoms with Crippen LogP contribution in [0.25, 0.3) is 0 Å². The monoisotopic (exact) mass is 237 g/mol. The fourth-order valence-electron chi connectivity index (χ4n) is 1.74. The van der Waals surface area contributed by atoms with Gasteiger partial charge in [0.25, 0.3) is 0 Å². The van der Waals surface area contributed by atoms with E-state index in [1.54, 1.807) is 0 Å². The average Bonchev–Trinajstić information content (AvgIpc) is 2.34. The van der Waals surface area contributed by atoms with E-state index in [4.69, 9.17) is 9.84 Å². The second kappa shape index (κ2) is 7.30. The van der Waals surface area contributed by atoms with Crippen molar-refractivity contribution in [1.82, 2.24) is 5.32 Å². The van der Waals surface area contributed by atoms with Crippen molar-refractivity contribution in [2.45, 2.75) is 26.3 Å². The highest BCUT2D eigenvalue weighted by Gasteiger charge is 2.13. The third-order valence-electron chi connectivity index (χ3n) is 2.63. The maximum atomic E-state index is 9.06. The van der Waals surface area contributed by atoms with Crippen molar-refractivity contribution in [3.63, 3.8) is 0 Å². The highest BCUT2D eigenvalue weighted by molar-refractivity contribution is 5.35. The Morgan fingerprint density at radius 2 is 2.00 bits per heavy atom. The quantitative estimate of drug-likeness (QED) is 0.765. The highest BCUT2D eigenvalue weighted by atomic mass is 16.5. The molecule has 96 valence electrons. The summed E-state index contributed by atoms with van der Waals surface area (Å²) in [6, 6.07) is 8.15. The van der Waals surface area contributed by atoms with Gasteiger partial charge in [0.05, 0.1) is 6.61 Å². The summed E-state index contributed by atoms with van der Waals surface area (Å²) in [5.74, 6) is 1.42. The van der Waals surface area contributed by atoms with Gasteiger partial charge in [-0.2, -0.15) is 0 Å². The molecule has 0 saturated carbocycles. The Morgan fingerprint density at radius 1 is 1.29 bits per heavy atom. The summed E-state index contributed by atoms with van der Waals surface area (Å²) >= 11 is 0. The van der Waals surface area contributed by atoms with Gasteiger partial charge in [0, 0.05) is 18.2 Å². The molecule has 3 heteroatoms. The van der Waals surface area contributed by atoms with Crippen molar-refractivity contribution in [2.75, 3.05) is 20.3 Å². The Balaban J connectivity index is 2.81. The number of para-hydroxylation sites is 1. The molecule has 1 aromatic rings. The number of nitrogens with one attached hydrogen (secondary N) is 1. The molecule has 3 nitrogen and oxygen atoms in total. The Labute approximate surface area is 104 Å². The third-order valence-corrected chi connectivity index (χ3v) is 2.63. The van der Waals surface area contributed by atoms with Gasteiger partial charge in [-0.05, 0) is 25.5 Å². The van der Waals surface area contributed by atoms with Crippen molar-refractivity contribution >= 4 is 0 Å². The van der Waals surface area contributed by atoms with Gasteiger partial charge < -0.3 is 15.2 Å². The largest absolute Gasteiger partial charge is 0.493 e. The van der Waals surface area contributed by atoms with Crippen molar-refractivity contribution in [1.29, 1.82) is 0 Å². The van der Waals surface area contributed by atoms with Crippen LogP contribution in [0.4, 0.5) is 0 Å². The van der Waals surface area contributed by atoms with Crippen LogP contribution in [0.3, 0.4) is 0 Å². The van der Waals surface area contributed by atoms with E-state index < -0.39 is 0 Å². The van der Waals surface area contributed by atoms with Crippen molar-refractivity contribution in [2.24, 2.45) is 5.92 Å². The topological polar surface area (TPSA) is 41.5 Å². The van der Waals surface area contributed by atoms with Crippen molar-refractivity contribution < 1.29 is 9.84 Å². The molecule has 0 amide bonds. The van der Waals surface area contributed by atoms with Crippen LogP contribution in [0, 0.1) is 5.92 Å². The summed E-state index contributed by atoms with van der Waals surface area (Å²) in [7, 11) is 1.90. The molecule has 0 bridgehead atoms. The molecule has 1 unspecified atom stereocenters. The summed E-state index contributed by atoms with van der Waals surface area (Å²) in [5.41, 5.74) is 1.12. The van der Waals surface area contributed by atoms with Crippen LogP contribution in [0.15, 0.2) is 24.3 Å². The number of ether oxygens (including phenoxy) is 1. The fourth-order valence-corrected chi connectivity index (χ4v) is 1.74. The fraction of sp³-hybridized carbons (Fsp3) is 0.571. The molecule has 17 heavy (non-hydrogen) atoms. The molecular weight excluding hydrogens is 214 g/mol. The average molecular weight is 237 g/mol. The Bertz CT molecular complexity index is 326. The Hall–Kier alpha value is -1.06. The third kappa shape index (κ3) is 4.36. The molecule has 0 aliphatic heterocycles. The molecule has 0 spiro atoms. The van der Waals surface area contributed by atoms with E-state index >= 15 is 0 Å². The first-order valence-corrected chi connectivity index (χ1v) is 6.18. The summed E-state index contributed by atoms with van der Waals surface area (Å²) in [5, 5.41) is 12.3. The molecule has 0 aromatic heterocycles. The summed E-state index contributed by atoms with van der Waals surface area (Å²) in [6.07, 6.45) is 0.693. The lowest BCUT2D eigenvalue weighted by Crippen LogP contribution is -2.19. The first-order chi connectivity index (χ1) is 8.19. The van der Waals surface area contributed by atoms with Crippen molar-refractivity contribution in [3.8, 4) is 5.75 Å². The van der Waals surface area contributed by atoms with Crippen LogP contribution in [0.1, 0.15) is 31.9 Å². The minimum Gasteiger partial charge on any atom is -0.493 e. The van der Waals surface area contributed by atoms with Gasteiger partial charge in [0.1, 0.15) is 5.75 Å². The predicted octanol–water partition coefficient (Wildman–Crippen LogP) is 2.36. The van der Waals surface area contributed by atoms with Gasteiger partial charge in [0.2, 0.25) is 0 Å². The second-order valence-electron chi connectivity index (χ2n) is 4.60. The highest BCUT2D eigenvalue weighted by Crippen LogP contribution is 2.27. The Morgan fingerprint density at radius 3 is 2.59 bits per heavy atom.